The Hall–Kier alpha value is -1.47. The van der Waals surface area contributed by atoms with Gasteiger partial charge in [0, 0.05) is 19.3 Å². The molecule has 1 aliphatic heterocycles. The molecule has 1 aliphatic rings. The van der Waals surface area contributed by atoms with Crippen LogP contribution in [0.2, 0.25) is 0 Å². The molecule has 2 heterocycles. The molecule has 0 atom stereocenters. The van der Waals surface area contributed by atoms with Gasteiger partial charge in [0.2, 0.25) is 5.91 Å². The molecule has 0 aliphatic carbocycles. The summed E-state index contributed by atoms with van der Waals surface area (Å²) in [4.78, 5) is 11.9. The Kier molecular flexibility index (Phi) is 4.16. The minimum absolute atomic E-state index is 0.0572. The Bertz CT molecular complexity index is 432. The molecule has 0 aromatic carbocycles. The van der Waals surface area contributed by atoms with Crippen molar-refractivity contribution >= 4 is 5.91 Å². The molecular weight excluding hydrogens is 246 g/mol. The molecule has 3 N–H and O–H groups in total. The van der Waals surface area contributed by atoms with Crippen LogP contribution in [0.3, 0.4) is 0 Å². The summed E-state index contributed by atoms with van der Waals surface area (Å²) in [5.41, 5.74) is 6.05. The predicted octanol–water partition coefficient (Wildman–Crippen LogP) is -0.233. The van der Waals surface area contributed by atoms with E-state index in [2.05, 4.69) is 15.6 Å². The maximum atomic E-state index is 11.9. The van der Waals surface area contributed by atoms with Crippen LogP contribution in [0.5, 0.6) is 0 Å². The van der Waals surface area contributed by atoms with Crippen molar-refractivity contribution in [2.45, 2.75) is 44.8 Å². The number of carbonyl (C=O) groups excluding carboxylic acids is 1. The first kappa shape index (κ1) is 14.0. The van der Waals surface area contributed by atoms with Crippen molar-refractivity contribution in [2.75, 3.05) is 13.2 Å². The second-order valence-corrected chi connectivity index (χ2v) is 5.48. The highest BCUT2D eigenvalue weighted by Gasteiger charge is 2.20. The molecule has 1 aromatic rings. The van der Waals surface area contributed by atoms with Gasteiger partial charge in [-0.3, -0.25) is 4.79 Å². The summed E-state index contributed by atoms with van der Waals surface area (Å²) in [5, 5.41) is 10.9. The van der Waals surface area contributed by atoms with Crippen molar-refractivity contribution in [3.63, 3.8) is 0 Å². The largest absolute Gasteiger partial charge is 0.381 e. The first-order chi connectivity index (χ1) is 8.95. The number of hydrogen-bond donors (Lipinski definition) is 2. The number of nitrogens with two attached hydrogens (primary N) is 1. The quantitative estimate of drug-likeness (QED) is 0.785. The Morgan fingerprint density at radius 3 is 2.84 bits per heavy atom. The number of nitrogens with one attached hydrogen (secondary N) is 1. The number of rotatable bonds is 4. The average Bonchev–Trinajstić information content (AvgIpc) is 2.78. The fourth-order valence-corrected chi connectivity index (χ4v) is 1.93. The lowest BCUT2D eigenvalue weighted by Crippen LogP contribution is -2.40. The Morgan fingerprint density at radius 2 is 2.26 bits per heavy atom. The third-order valence-electron chi connectivity index (χ3n) is 3.09. The molecular formula is C12H21N5O2. The molecule has 7 nitrogen and oxygen atoms in total. The number of hydrogen-bond acceptors (Lipinski definition) is 5. The average molecular weight is 267 g/mol. The van der Waals surface area contributed by atoms with Crippen LogP contribution in [0, 0.1) is 0 Å². The Balaban J connectivity index is 1.86. The van der Waals surface area contributed by atoms with Crippen LogP contribution in [-0.2, 0) is 21.6 Å². The zero-order valence-electron chi connectivity index (χ0n) is 11.4. The second kappa shape index (κ2) is 5.66. The molecule has 0 radical (unpaired) electrons. The van der Waals surface area contributed by atoms with Gasteiger partial charge in [-0.25, -0.2) is 4.68 Å². The lowest BCUT2D eigenvalue weighted by atomic mass is 10.0. The van der Waals surface area contributed by atoms with E-state index in [-0.39, 0.29) is 18.5 Å². The normalized spacial score (nSPS) is 17.4. The van der Waals surface area contributed by atoms with Crippen LogP contribution in [0.25, 0.3) is 0 Å². The van der Waals surface area contributed by atoms with Crippen molar-refractivity contribution < 1.29 is 9.53 Å². The van der Waals surface area contributed by atoms with Gasteiger partial charge in [0.05, 0.1) is 11.7 Å². The fourth-order valence-electron chi connectivity index (χ4n) is 1.93. The molecule has 1 saturated heterocycles. The lowest BCUT2D eigenvalue weighted by molar-refractivity contribution is -0.123. The molecule has 1 fully saturated rings. The van der Waals surface area contributed by atoms with E-state index >= 15 is 0 Å². The molecule has 0 bridgehead atoms. The smallest absolute Gasteiger partial charge is 0.242 e. The van der Waals surface area contributed by atoms with Crippen LogP contribution in [-0.4, -0.2) is 40.2 Å². The molecule has 19 heavy (non-hydrogen) atoms. The van der Waals surface area contributed by atoms with Crippen molar-refractivity contribution in [1.82, 2.24) is 20.3 Å². The Morgan fingerprint density at radius 1 is 1.58 bits per heavy atom. The number of carbonyl (C=O) groups is 1. The molecule has 0 unspecified atom stereocenters. The van der Waals surface area contributed by atoms with Gasteiger partial charge in [-0.15, -0.1) is 5.10 Å². The number of amides is 1. The van der Waals surface area contributed by atoms with Gasteiger partial charge in [-0.2, -0.15) is 0 Å². The summed E-state index contributed by atoms with van der Waals surface area (Å²) < 4.78 is 6.76. The zero-order valence-corrected chi connectivity index (χ0v) is 11.4. The second-order valence-electron chi connectivity index (χ2n) is 5.48. The van der Waals surface area contributed by atoms with Crippen LogP contribution >= 0.6 is 0 Å². The molecule has 1 aromatic heterocycles. The topological polar surface area (TPSA) is 95.1 Å². The van der Waals surface area contributed by atoms with Gasteiger partial charge in [0.25, 0.3) is 0 Å². The standard InChI is InChI=1S/C12H21N5O2/c1-12(2,13)10-7-17(16-15-10)8-11(18)14-9-3-5-19-6-4-9/h7,9H,3-6,8,13H2,1-2H3,(H,14,18). The highest BCUT2D eigenvalue weighted by Crippen LogP contribution is 2.12. The fraction of sp³-hybridized carbons (Fsp3) is 0.750. The SMILES string of the molecule is CC(C)(N)c1cn(CC(=O)NC2CCOCC2)nn1. The zero-order chi connectivity index (χ0) is 13.9. The van der Waals surface area contributed by atoms with E-state index in [4.69, 9.17) is 10.5 Å². The van der Waals surface area contributed by atoms with Crippen molar-refractivity contribution in [2.24, 2.45) is 5.73 Å². The maximum Gasteiger partial charge on any atom is 0.242 e. The first-order valence-corrected chi connectivity index (χ1v) is 6.52. The molecule has 2 rings (SSSR count). The van der Waals surface area contributed by atoms with Crippen molar-refractivity contribution in [1.29, 1.82) is 0 Å². The van der Waals surface area contributed by atoms with E-state index in [0.29, 0.717) is 18.9 Å². The summed E-state index contributed by atoms with van der Waals surface area (Å²) >= 11 is 0. The number of aromatic nitrogens is 3. The molecule has 106 valence electrons. The van der Waals surface area contributed by atoms with E-state index < -0.39 is 5.54 Å². The minimum Gasteiger partial charge on any atom is -0.381 e. The van der Waals surface area contributed by atoms with Crippen molar-refractivity contribution in [3.05, 3.63) is 11.9 Å². The summed E-state index contributed by atoms with van der Waals surface area (Å²) in [5.74, 6) is -0.0572. The summed E-state index contributed by atoms with van der Waals surface area (Å²) in [6, 6.07) is 0.204. The van der Waals surface area contributed by atoms with Crippen LogP contribution in [0.1, 0.15) is 32.4 Å². The third kappa shape index (κ3) is 4.00. The van der Waals surface area contributed by atoms with Crippen LogP contribution in [0.15, 0.2) is 6.20 Å². The van der Waals surface area contributed by atoms with Crippen molar-refractivity contribution in [3.8, 4) is 0 Å². The highest BCUT2D eigenvalue weighted by atomic mass is 16.5. The third-order valence-corrected chi connectivity index (χ3v) is 3.09. The molecule has 1 amide bonds. The number of ether oxygens (including phenoxy) is 1. The van der Waals surface area contributed by atoms with E-state index in [1.165, 1.54) is 4.68 Å². The first-order valence-electron chi connectivity index (χ1n) is 6.52. The van der Waals surface area contributed by atoms with Gasteiger partial charge in [0.1, 0.15) is 12.2 Å². The van der Waals surface area contributed by atoms with Gasteiger partial charge in [0.15, 0.2) is 0 Å². The molecule has 7 heteroatoms. The van der Waals surface area contributed by atoms with E-state index in [1.54, 1.807) is 6.20 Å². The Labute approximate surface area is 112 Å². The van der Waals surface area contributed by atoms with E-state index in [0.717, 1.165) is 12.8 Å². The lowest BCUT2D eigenvalue weighted by Gasteiger charge is -2.22. The monoisotopic (exact) mass is 267 g/mol. The highest BCUT2D eigenvalue weighted by molar-refractivity contribution is 5.75. The van der Waals surface area contributed by atoms with Gasteiger partial charge in [-0.05, 0) is 26.7 Å². The van der Waals surface area contributed by atoms with E-state index in [9.17, 15) is 4.79 Å². The van der Waals surface area contributed by atoms with Crippen LogP contribution in [0.4, 0.5) is 0 Å². The maximum absolute atomic E-state index is 11.9. The van der Waals surface area contributed by atoms with Gasteiger partial charge < -0.3 is 15.8 Å². The summed E-state index contributed by atoms with van der Waals surface area (Å²) in [6.45, 7) is 5.28. The number of nitrogens with zero attached hydrogens (tertiary/aromatic N) is 3. The predicted molar refractivity (Wildman–Crippen MR) is 69.2 cm³/mol. The van der Waals surface area contributed by atoms with Crippen LogP contribution < -0.4 is 11.1 Å². The van der Waals surface area contributed by atoms with E-state index in [1.807, 2.05) is 13.8 Å². The summed E-state index contributed by atoms with van der Waals surface area (Å²) in [7, 11) is 0. The molecule has 0 spiro atoms. The summed E-state index contributed by atoms with van der Waals surface area (Å²) in [6.07, 6.45) is 3.44. The molecule has 0 saturated carbocycles. The van der Waals surface area contributed by atoms with Gasteiger partial charge >= 0.3 is 0 Å². The minimum atomic E-state index is -0.546. The van der Waals surface area contributed by atoms with Gasteiger partial charge in [-0.1, -0.05) is 5.21 Å².